The van der Waals surface area contributed by atoms with Crippen LogP contribution in [0.3, 0.4) is 0 Å². The largest absolute Gasteiger partial charge is 0.311 e. The van der Waals surface area contributed by atoms with Crippen molar-refractivity contribution in [1.29, 1.82) is 0 Å². The normalized spacial score (nSPS) is 10.9. The Kier molecular flexibility index (Phi) is 6.27. The predicted octanol–water partition coefficient (Wildman–Crippen LogP) is 8.95. The van der Waals surface area contributed by atoms with Crippen molar-refractivity contribution >= 4 is 17.1 Å². The van der Waals surface area contributed by atoms with Gasteiger partial charge >= 0.3 is 0 Å². The summed E-state index contributed by atoms with van der Waals surface area (Å²) in [6.07, 6.45) is 0. The van der Waals surface area contributed by atoms with E-state index in [1.54, 1.807) is 0 Å². The van der Waals surface area contributed by atoms with Gasteiger partial charge in [0.25, 0.3) is 0 Å². The summed E-state index contributed by atoms with van der Waals surface area (Å²) in [5, 5.41) is 0. The van der Waals surface area contributed by atoms with Crippen molar-refractivity contribution in [3.8, 4) is 0 Å². The van der Waals surface area contributed by atoms with Gasteiger partial charge in [-0.25, -0.2) is 0 Å². The third-order valence-electron chi connectivity index (χ3n) is 6.33. The molecule has 0 aliphatic carbocycles. The van der Waals surface area contributed by atoms with E-state index in [2.05, 4.69) is 152 Å². The summed E-state index contributed by atoms with van der Waals surface area (Å²) >= 11 is 0. The van der Waals surface area contributed by atoms with Crippen LogP contribution in [0, 0.1) is 13.8 Å². The van der Waals surface area contributed by atoms with Gasteiger partial charge in [0.1, 0.15) is 0 Å². The molecule has 0 heterocycles. The maximum absolute atomic E-state index is 2.32. The molecule has 0 aliphatic heterocycles. The molecular formula is C33H29N. The monoisotopic (exact) mass is 439 g/mol. The Morgan fingerprint density at radius 2 is 0.706 bits per heavy atom. The number of hydrogen-bond donors (Lipinski definition) is 0. The van der Waals surface area contributed by atoms with E-state index in [0.29, 0.717) is 0 Å². The summed E-state index contributed by atoms with van der Waals surface area (Å²) in [7, 11) is 0. The molecular weight excluding hydrogens is 410 g/mol. The van der Waals surface area contributed by atoms with Gasteiger partial charge in [-0.1, -0.05) is 108 Å². The van der Waals surface area contributed by atoms with Crippen LogP contribution in [-0.4, -0.2) is 0 Å². The number of aryl methyl sites for hydroxylation is 2. The van der Waals surface area contributed by atoms with Gasteiger partial charge < -0.3 is 4.90 Å². The summed E-state index contributed by atoms with van der Waals surface area (Å²) in [6.45, 7) is 4.25. The molecule has 0 aliphatic rings. The number of anilines is 3. The molecule has 166 valence electrons. The summed E-state index contributed by atoms with van der Waals surface area (Å²) in [5.74, 6) is 0.198. The van der Waals surface area contributed by atoms with Gasteiger partial charge in [0.2, 0.25) is 0 Å². The van der Waals surface area contributed by atoms with E-state index in [1.807, 2.05) is 0 Å². The molecule has 0 aromatic heterocycles. The molecule has 0 spiro atoms. The van der Waals surface area contributed by atoms with Crippen LogP contribution in [0.1, 0.15) is 33.7 Å². The van der Waals surface area contributed by atoms with Crippen molar-refractivity contribution in [2.75, 3.05) is 4.90 Å². The molecule has 1 nitrogen and oxygen atoms in total. The number of benzene rings is 5. The average Bonchev–Trinajstić information content (AvgIpc) is 2.89. The first-order valence-corrected chi connectivity index (χ1v) is 11.8. The van der Waals surface area contributed by atoms with Crippen molar-refractivity contribution in [2.45, 2.75) is 19.8 Å². The van der Waals surface area contributed by atoms with Crippen molar-refractivity contribution in [1.82, 2.24) is 0 Å². The van der Waals surface area contributed by atoms with Gasteiger partial charge in [0.05, 0.1) is 0 Å². The Bertz CT molecular complexity index is 1240. The topological polar surface area (TPSA) is 3.24 Å². The molecule has 0 atom stereocenters. The quantitative estimate of drug-likeness (QED) is 0.239. The third kappa shape index (κ3) is 4.65. The Labute approximate surface area is 203 Å². The fourth-order valence-corrected chi connectivity index (χ4v) is 4.52. The number of nitrogens with zero attached hydrogens (tertiary/aromatic N) is 1. The summed E-state index contributed by atoms with van der Waals surface area (Å²) < 4.78 is 0. The molecule has 34 heavy (non-hydrogen) atoms. The fourth-order valence-electron chi connectivity index (χ4n) is 4.52. The van der Waals surface area contributed by atoms with Crippen molar-refractivity contribution in [2.24, 2.45) is 0 Å². The summed E-state index contributed by atoms with van der Waals surface area (Å²) in [6, 6.07) is 48.0. The van der Waals surface area contributed by atoms with Gasteiger partial charge in [0.15, 0.2) is 0 Å². The van der Waals surface area contributed by atoms with E-state index in [-0.39, 0.29) is 5.92 Å². The molecule has 0 unspecified atom stereocenters. The molecule has 0 N–H and O–H groups in total. The highest BCUT2D eigenvalue weighted by Gasteiger charge is 2.18. The zero-order valence-electron chi connectivity index (χ0n) is 19.7. The molecule has 1 heteroatoms. The van der Waals surface area contributed by atoms with Crippen LogP contribution in [0.2, 0.25) is 0 Å². The van der Waals surface area contributed by atoms with E-state index in [9.17, 15) is 0 Å². The second-order valence-corrected chi connectivity index (χ2v) is 8.85. The SMILES string of the molecule is Cc1ccc(N(c2ccc(C)cc2)c2ccc(C(c3ccccc3)c3ccccc3)cc2)cc1. The minimum Gasteiger partial charge on any atom is -0.311 e. The van der Waals surface area contributed by atoms with Crippen LogP contribution < -0.4 is 4.90 Å². The van der Waals surface area contributed by atoms with E-state index in [0.717, 1.165) is 17.1 Å². The third-order valence-corrected chi connectivity index (χ3v) is 6.33. The zero-order chi connectivity index (χ0) is 23.3. The molecule has 5 rings (SSSR count). The second-order valence-electron chi connectivity index (χ2n) is 8.85. The highest BCUT2D eigenvalue weighted by molar-refractivity contribution is 5.76. The fraction of sp³-hybridized carbons (Fsp3) is 0.0909. The minimum absolute atomic E-state index is 0.198. The Morgan fingerprint density at radius 3 is 1.09 bits per heavy atom. The van der Waals surface area contributed by atoms with Gasteiger partial charge in [-0.3, -0.25) is 0 Å². The van der Waals surface area contributed by atoms with Gasteiger partial charge in [-0.05, 0) is 66.9 Å². The molecule has 0 saturated heterocycles. The molecule has 5 aromatic carbocycles. The first-order valence-electron chi connectivity index (χ1n) is 11.8. The van der Waals surface area contributed by atoms with Crippen LogP contribution in [0.15, 0.2) is 133 Å². The smallest absolute Gasteiger partial charge is 0.0461 e. The van der Waals surface area contributed by atoms with Crippen LogP contribution in [0.4, 0.5) is 17.1 Å². The molecule has 0 radical (unpaired) electrons. The standard InChI is InChI=1S/C33H29N/c1-25-13-19-30(20-14-25)34(31-21-15-26(2)16-22-31)32-23-17-29(18-24-32)33(27-9-5-3-6-10-27)28-11-7-4-8-12-28/h3-24,33H,1-2H3. The Morgan fingerprint density at radius 1 is 0.382 bits per heavy atom. The average molecular weight is 440 g/mol. The maximum atomic E-state index is 2.32. The Balaban J connectivity index is 1.57. The lowest BCUT2D eigenvalue weighted by Gasteiger charge is -2.26. The van der Waals surface area contributed by atoms with Crippen molar-refractivity contribution in [3.05, 3.63) is 161 Å². The van der Waals surface area contributed by atoms with Gasteiger partial charge in [-0.15, -0.1) is 0 Å². The molecule has 0 saturated carbocycles. The van der Waals surface area contributed by atoms with Crippen molar-refractivity contribution < 1.29 is 0 Å². The molecule has 5 aromatic rings. The minimum atomic E-state index is 0.198. The summed E-state index contributed by atoms with van der Waals surface area (Å²) in [5.41, 5.74) is 9.87. The van der Waals surface area contributed by atoms with Crippen molar-refractivity contribution in [3.63, 3.8) is 0 Å². The molecule has 0 bridgehead atoms. The highest BCUT2D eigenvalue weighted by Crippen LogP contribution is 2.37. The van der Waals surface area contributed by atoms with E-state index in [4.69, 9.17) is 0 Å². The number of hydrogen-bond acceptors (Lipinski definition) is 1. The highest BCUT2D eigenvalue weighted by atomic mass is 15.1. The van der Waals surface area contributed by atoms with Gasteiger partial charge in [-0.2, -0.15) is 0 Å². The van der Waals surface area contributed by atoms with E-state index < -0.39 is 0 Å². The van der Waals surface area contributed by atoms with Crippen LogP contribution >= 0.6 is 0 Å². The lowest BCUT2D eigenvalue weighted by atomic mass is 9.85. The predicted molar refractivity (Wildman–Crippen MR) is 144 cm³/mol. The lowest BCUT2D eigenvalue weighted by molar-refractivity contribution is 0.977. The van der Waals surface area contributed by atoms with Crippen LogP contribution in [-0.2, 0) is 0 Å². The first kappa shape index (κ1) is 21.7. The summed E-state index contributed by atoms with van der Waals surface area (Å²) in [4.78, 5) is 2.32. The second kappa shape index (κ2) is 9.80. The zero-order valence-corrected chi connectivity index (χ0v) is 19.7. The molecule has 0 amide bonds. The van der Waals surface area contributed by atoms with E-state index >= 15 is 0 Å². The van der Waals surface area contributed by atoms with Gasteiger partial charge in [0, 0.05) is 23.0 Å². The Hall–Kier alpha value is -4.10. The molecule has 0 fully saturated rings. The first-order chi connectivity index (χ1) is 16.7. The number of rotatable bonds is 6. The van der Waals surface area contributed by atoms with E-state index in [1.165, 1.54) is 27.8 Å². The van der Waals surface area contributed by atoms with Crippen LogP contribution in [0.5, 0.6) is 0 Å². The lowest BCUT2D eigenvalue weighted by Crippen LogP contribution is -2.10. The van der Waals surface area contributed by atoms with Crippen LogP contribution in [0.25, 0.3) is 0 Å². The maximum Gasteiger partial charge on any atom is 0.0461 e.